The average molecular weight is 292 g/mol. The smallest absolute Gasteiger partial charge is 0.229 e. The zero-order valence-corrected chi connectivity index (χ0v) is 12.7. The fourth-order valence-corrected chi connectivity index (χ4v) is 2.58. The molecule has 0 spiro atoms. The molecule has 5 nitrogen and oxygen atoms in total. The summed E-state index contributed by atoms with van der Waals surface area (Å²) in [5.41, 5.74) is 2.30. The Kier molecular flexibility index (Phi) is 6.17. The Morgan fingerprint density at radius 2 is 2.05 bits per heavy atom. The van der Waals surface area contributed by atoms with E-state index in [4.69, 9.17) is 9.47 Å². The molecular formula is C16H24N2O3. The molecular weight excluding hydrogens is 268 g/mol. The van der Waals surface area contributed by atoms with Crippen molar-refractivity contribution in [1.29, 1.82) is 0 Å². The third kappa shape index (κ3) is 4.27. The molecule has 1 unspecified atom stereocenters. The number of benzene rings is 1. The number of carbonyl (C=O) groups excluding carboxylic acids is 1. The summed E-state index contributed by atoms with van der Waals surface area (Å²) in [5, 5.41) is 6.22. The topological polar surface area (TPSA) is 59.6 Å². The van der Waals surface area contributed by atoms with Crippen molar-refractivity contribution in [1.82, 2.24) is 10.6 Å². The summed E-state index contributed by atoms with van der Waals surface area (Å²) in [6.07, 6.45) is -0.379. The molecule has 0 radical (unpaired) electrons. The highest BCUT2D eigenvalue weighted by Gasteiger charge is 2.26. The first-order valence-corrected chi connectivity index (χ1v) is 7.55. The summed E-state index contributed by atoms with van der Waals surface area (Å²) in [6.45, 7) is 6.81. The SMILES string of the molecule is CCOC(CNC(=O)C1CNCc2ccccc21)OCC. The van der Waals surface area contributed by atoms with Crippen LogP contribution in [0.5, 0.6) is 0 Å². The van der Waals surface area contributed by atoms with Gasteiger partial charge in [0.1, 0.15) is 0 Å². The van der Waals surface area contributed by atoms with Crippen LogP contribution in [-0.2, 0) is 20.8 Å². The van der Waals surface area contributed by atoms with E-state index in [1.54, 1.807) is 0 Å². The molecule has 21 heavy (non-hydrogen) atoms. The molecule has 116 valence electrons. The van der Waals surface area contributed by atoms with Crippen LogP contribution in [0.3, 0.4) is 0 Å². The van der Waals surface area contributed by atoms with Crippen LogP contribution in [0.2, 0.25) is 0 Å². The van der Waals surface area contributed by atoms with Gasteiger partial charge >= 0.3 is 0 Å². The second kappa shape index (κ2) is 8.12. The third-order valence-corrected chi connectivity index (χ3v) is 3.56. The molecule has 5 heteroatoms. The Morgan fingerprint density at radius 1 is 1.33 bits per heavy atom. The minimum atomic E-state index is -0.379. The number of fused-ring (bicyclic) bond motifs is 1. The van der Waals surface area contributed by atoms with Gasteiger partial charge in [-0.25, -0.2) is 0 Å². The van der Waals surface area contributed by atoms with Crippen molar-refractivity contribution in [2.24, 2.45) is 0 Å². The second-order valence-corrected chi connectivity index (χ2v) is 4.97. The lowest BCUT2D eigenvalue weighted by Crippen LogP contribution is -2.42. The van der Waals surface area contributed by atoms with Crippen molar-refractivity contribution in [3.8, 4) is 0 Å². The molecule has 2 N–H and O–H groups in total. The molecule has 1 aliphatic heterocycles. The molecule has 1 aromatic rings. The summed E-state index contributed by atoms with van der Waals surface area (Å²) in [7, 11) is 0. The number of nitrogens with one attached hydrogen (secondary N) is 2. The average Bonchev–Trinajstić information content (AvgIpc) is 2.52. The highest BCUT2D eigenvalue weighted by Crippen LogP contribution is 2.23. The molecule has 1 heterocycles. The number of hydrogen-bond acceptors (Lipinski definition) is 4. The molecule has 0 saturated heterocycles. The van der Waals surface area contributed by atoms with Crippen molar-refractivity contribution >= 4 is 5.91 Å². The molecule has 1 amide bonds. The van der Waals surface area contributed by atoms with Gasteiger partial charge in [0, 0.05) is 26.3 Å². The maximum absolute atomic E-state index is 12.4. The zero-order chi connectivity index (χ0) is 15.1. The molecule has 0 aromatic heterocycles. The van der Waals surface area contributed by atoms with Gasteiger partial charge in [-0.05, 0) is 25.0 Å². The summed E-state index contributed by atoms with van der Waals surface area (Å²) >= 11 is 0. The van der Waals surface area contributed by atoms with E-state index >= 15 is 0 Å². The van der Waals surface area contributed by atoms with E-state index in [1.807, 2.05) is 32.0 Å². The third-order valence-electron chi connectivity index (χ3n) is 3.56. The van der Waals surface area contributed by atoms with Gasteiger partial charge in [0.05, 0.1) is 12.5 Å². The second-order valence-electron chi connectivity index (χ2n) is 4.97. The van der Waals surface area contributed by atoms with Crippen LogP contribution in [0, 0.1) is 0 Å². The summed E-state index contributed by atoms with van der Waals surface area (Å²) in [4.78, 5) is 12.4. The Bertz CT molecular complexity index is 459. The Balaban J connectivity index is 1.95. The maximum atomic E-state index is 12.4. The highest BCUT2D eigenvalue weighted by molar-refractivity contribution is 5.84. The molecule has 0 fully saturated rings. The quantitative estimate of drug-likeness (QED) is 0.746. The van der Waals surface area contributed by atoms with Gasteiger partial charge in [-0.2, -0.15) is 0 Å². The van der Waals surface area contributed by atoms with Crippen LogP contribution in [0.1, 0.15) is 30.9 Å². The van der Waals surface area contributed by atoms with E-state index in [2.05, 4.69) is 16.7 Å². The van der Waals surface area contributed by atoms with E-state index in [1.165, 1.54) is 5.56 Å². The predicted octanol–water partition coefficient (Wildman–Crippen LogP) is 1.39. The first-order chi connectivity index (χ1) is 10.3. The molecule has 1 aliphatic rings. The standard InChI is InChI=1S/C16H24N2O3/c1-3-20-15(21-4-2)11-18-16(19)14-10-17-9-12-7-5-6-8-13(12)14/h5-8,14-15,17H,3-4,9-11H2,1-2H3,(H,18,19). The minimum Gasteiger partial charge on any atom is -0.351 e. The van der Waals surface area contributed by atoms with Crippen molar-refractivity contribution < 1.29 is 14.3 Å². The van der Waals surface area contributed by atoms with E-state index < -0.39 is 0 Å². The van der Waals surface area contributed by atoms with Gasteiger partial charge < -0.3 is 20.1 Å². The van der Waals surface area contributed by atoms with E-state index in [-0.39, 0.29) is 18.1 Å². The largest absolute Gasteiger partial charge is 0.351 e. The zero-order valence-electron chi connectivity index (χ0n) is 12.7. The van der Waals surface area contributed by atoms with Crippen molar-refractivity contribution in [3.05, 3.63) is 35.4 Å². The number of ether oxygens (including phenoxy) is 2. The fourth-order valence-electron chi connectivity index (χ4n) is 2.58. The Morgan fingerprint density at radius 3 is 2.76 bits per heavy atom. The lowest BCUT2D eigenvalue weighted by Gasteiger charge is -2.26. The lowest BCUT2D eigenvalue weighted by molar-refractivity contribution is -0.141. The monoisotopic (exact) mass is 292 g/mol. The van der Waals surface area contributed by atoms with Crippen LogP contribution in [0.4, 0.5) is 0 Å². The molecule has 0 aliphatic carbocycles. The van der Waals surface area contributed by atoms with Gasteiger partial charge in [-0.1, -0.05) is 24.3 Å². The van der Waals surface area contributed by atoms with Crippen LogP contribution in [0.25, 0.3) is 0 Å². The van der Waals surface area contributed by atoms with Gasteiger partial charge in [0.2, 0.25) is 5.91 Å². The van der Waals surface area contributed by atoms with Crippen LogP contribution >= 0.6 is 0 Å². The summed E-state index contributed by atoms with van der Waals surface area (Å²) in [6, 6.07) is 8.07. The number of rotatable bonds is 7. The normalized spacial score (nSPS) is 17.6. The predicted molar refractivity (Wildman–Crippen MR) is 80.9 cm³/mol. The number of amides is 1. The Hall–Kier alpha value is -1.43. The van der Waals surface area contributed by atoms with Gasteiger partial charge in [-0.15, -0.1) is 0 Å². The van der Waals surface area contributed by atoms with Gasteiger partial charge in [0.15, 0.2) is 6.29 Å². The van der Waals surface area contributed by atoms with Crippen molar-refractivity contribution in [2.45, 2.75) is 32.6 Å². The molecule has 1 aromatic carbocycles. The van der Waals surface area contributed by atoms with Crippen LogP contribution in [-0.4, -0.2) is 38.5 Å². The first-order valence-electron chi connectivity index (χ1n) is 7.55. The van der Waals surface area contributed by atoms with Crippen LogP contribution in [0.15, 0.2) is 24.3 Å². The number of hydrogen-bond donors (Lipinski definition) is 2. The minimum absolute atomic E-state index is 0.0130. The first kappa shape index (κ1) is 15.9. The van der Waals surface area contributed by atoms with Gasteiger partial charge in [0.25, 0.3) is 0 Å². The summed E-state index contributed by atoms with van der Waals surface area (Å²) in [5.74, 6) is -0.141. The van der Waals surface area contributed by atoms with Crippen LogP contribution < -0.4 is 10.6 Å². The highest BCUT2D eigenvalue weighted by atomic mass is 16.7. The van der Waals surface area contributed by atoms with Gasteiger partial charge in [-0.3, -0.25) is 4.79 Å². The molecule has 0 bridgehead atoms. The van der Waals surface area contributed by atoms with Crippen molar-refractivity contribution in [2.75, 3.05) is 26.3 Å². The Labute approximate surface area is 126 Å². The molecule has 1 atom stereocenters. The van der Waals surface area contributed by atoms with E-state index in [9.17, 15) is 4.79 Å². The maximum Gasteiger partial charge on any atom is 0.229 e. The number of carbonyl (C=O) groups is 1. The summed E-state index contributed by atoms with van der Waals surface area (Å²) < 4.78 is 10.9. The lowest BCUT2D eigenvalue weighted by atomic mass is 9.90. The van der Waals surface area contributed by atoms with E-state index in [0.29, 0.717) is 26.3 Å². The fraction of sp³-hybridized carbons (Fsp3) is 0.562. The van der Waals surface area contributed by atoms with E-state index in [0.717, 1.165) is 12.1 Å². The molecule has 0 saturated carbocycles. The molecule has 2 rings (SSSR count). The van der Waals surface area contributed by atoms with Crippen molar-refractivity contribution in [3.63, 3.8) is 0 Å².